The Kier molecular flexibility index (Phi) is 1.69. The minimum Gasteiger partial charge on any atom is -0.327 e. The first-order valence-electron chi connectivity index (χ1n) is 5.55. The van der Waals surface area contributed by atoms with E-state index >= 15 is 0 Å². The molecule has 0 saturated heterocycles. The van der Waals surface area contributed by atoms with E-state index in [1.165, 1.54) is 24.0 Å². The molecule has 2 nitrogen and oxygen atoms in total. The number of hydrogen-bond acceptors (Lipinski definition) is 2. The largest absolute Gasteiger partial charge is 0.327 e. The molecule has 2 N–H and O–H groups in total. The van der Waals surface area contributed by atoms with Gasteiger partial charge in [-0.25, -0.2) is 0 Å². The van der Waals surface area contributed by atoms with Gasteiger partial charge in [-0.15, -0.1) is 0 Å². The number of aryl methyl sites for hydroxylation is 1. The van der Waals surface area contributed by atoms with Crippen molar-refractivity contribution >= 4 is 0 Å². The Balaban J connectivity index is 2.11. The first-order chi connectivity index (χ1) is 7.26. The summed E-state index contributed by atoms with van der Waals surface area (Å²) >= 11 is 0. The fraction of sp³-hybridized carbons (Fsp3) is 0.462. The summed E-state index contributed by atoms with van der Waals surface area (Å²) < 4.78 is 0. The second-order valence-electron chi connectivity index (χ2n) is 4.80. The van der Waals surface area contributed by atoms with Crippen LogP contribution in [0.4, 0.5) is 0 Å². The lowest BCUT2D eigenvalue weighted by molar-refractivity contribution is 0.526. The SMILES string of the molecule is N#Cc1ccc2c(c1)CCCC21CC1N. The Morgan fingerprint density at radius 1 is 1.47 bits per heavy atom. The molecule has 0 aromatic heterocycles. The Labute approximate surface area is 89.7 Å². The number of rotatable bonds is 0. The highest BCUT2D eigenvalue weighted by atomic mass is 14.8. The third kappa shape index (κ3) is 1.13. The van der Waals surface area contributed by atoms with Crippen molar-refractivity contribution in [2.75, 3.05) is 0 Å². The average Bonchev–Trinajstić information content (AvgIpc) is 2.89. The second kappa shape index (κ2) is 2.84. The number of nitriles is 1. The minimum atomic E-state index is 0.279. The molecule has 0 bridgehead atoms. The third-order valence-electron chi connectivity index (χ3n) is 3.97. The van der Waals surface area contributed by atoms with Crippen LogP contribution in [0.15, 0.2) is 18.2 Å². The van der Waals surface area contributed by atoms with Crippen LogP contribution in [0.5, 0.6) is 0 Å². The van der Waals surface area contributed by atoms with Crippen LogP contribution in [0.1, 0.15) is 36.0 Å². The van der Waals surface area contributed by atoms with Gasteiger partial charge in [0.05, 0.1) is 11.6 Å². The highest BCUT2D eigenvalue weighted by Gasteiger charge is 2.54. The highest BCUT2D eigenvalue weighted by molar-refractivity contribution is 5.48. The molecule has 15 heavy (non-hydrogen) atoms. The van der Waals surface area contributed by atoms with Crippen molar-refractivity contribution in [3.05, 3.63) is 34.9 Å². The van der Waals surface area contributed by atoms with Gasteiger partial charge in [-0.05, 0) is 48.9 Å². The van der Waals surface area contributed by atoms with Gasteiger partial charge in [0.2, 0.25) is 0 Å². The van der Waals surface area contributed by atoms with Crippen molar-refractivity contribution in [2.24, 2.45) is 5.73 Å². The van der Waals surface area contributed by atoms with E-state index in [-0.39, 0.29) is 5.41 Å². The summed E-state index contributed by atoms with van der Waals surface area (Å²) in [6.07, 6.45) is 4.69. The number of nitrogens with two attached hydrogens (primary N) is 1. The maximum atomic E-state index is 8.86. The normalized spacial score (nSPS) is 32.1. The molecule has 0 aliphatic heterocycles. The van der Waals surface area contributed by atoms with Gasteiger partial charge >= 0.3 is 0 Å². The molecule has 2 heteroatoms. The van der Waals surface area contributed by atoms with E-state index in [4.69, 9.17) is 11.0 Å². The molecule has 2 atom stereocenters. The molecule has 0 amide bonds. The summed E-state index contributed by atoms with van der Waals surface area (Å²) in [5, 5.41) is 8.86. The predicted molar refractivity (Wildman–Crippen MR) is 58.4 cm³/mol. The predicted octanol–water partition coefficient (Wildman–Crippen LogP) is 1.86. The van der Waals surface area contributed by atoms with E-state index in [0.717, 1.165) is 18.4 Å². The topological polar surface area (TPSA) is 49.8 Å². The van der Waals surface area contributed by atoms with Crippen molar-refractivity contribution in [3.63, 3.8) is 0 Å². The summed E-state index contributed by atoms with van der Waals surface area (Å²) in [4.78, 5) is 0. The molecule has 1 aromatic carbocycles. The molecular weight excluding hydrogens is 184 g/mol. The van der Waals surface area contributed by atoms with Crippen molar-refractivity contribution < 1.29 is 0 Å². The van der Waals surface area contributed by atoms with Crippen LogP contribution in [-0.4, -0.2) is 6.04 Å². The summed E-state index contributed by atoms with van der Waals surface area (Å²) in [5.74, 6) is 0. The molecule has 3 rings (SSSR count). The van der Waals surface area contributed by atoms with E-state index in [1.54, 1.807) is 0 Å². The fourth-order valence-corrected chi connectivity index (χ4v) is 3.02. The van der Waals surface area contributed by atoms with Crippen LogP contribution >= 0.6 is 0 Å². The Bertz CT molecular complexity index is 458. The zero-order chi connectivity index (χ0) is 10.5. The summed E-state index contributed by atoms with van der Waals surface area (Å²) in [6.45, 7) is 0. The first-order valence-corrected chi connectivity index (χ1v) is 5.55. The molecule has 1 fully saturated rings. The van der Waals surface area contributed by atoms with Crippen molar-refractivity contribution in [3.8, 4) is 6.07 Å². The van der Waals surface area contributed by atoms with Gasteiger partial charge in [0, 0.05) is 11.5 Å². The Morgan fingerprint density at radius 2 is 2.27 bits per heavy atom. The van der Waals surface area contributed by atoms with E-state index in [1.807, 2.05) is 12.1 Å². The molecule has 2 unspecified atom stereocenters. The van der Waals surface area contributed by atoms with Gasteiger partial charge in [-0.1, -0.05) is 6.07 Å². The molecule has 1 spiro atoms. The molecule has 0 radical (unpaired) electrons. The van der Waals surface area contributed by atoms with Gasteiger partial charge in [0.25, 0.3) is 0 Å². The maximum Gasteiger partial charge on any atom is 0.0991 e. The van der Waals surface area contributed by atoms with E-state index in [0.29, 0.717) is 6.04 Å². The molecule has 1 aromatic rings. The van der Waals surface area contributed by atoms with Crippen LogP contribution < -0.4 is 5.73 Å². The van der Waals surface area contributed by atoms with Gasteiger partial charge in [0.15, 0.2) is 0 Å². The summed E-state index contributed by atoms with van der Waals surface area (Å²) in [7, 11) is 0. The molecular formula is C13H14N2. The Hall–Kier alpha value is -1.33. The van der Waals surface area contributed by atoms with Crippen molar-refractivity contribution in [1.29, 1.82) is 5.26 Å². The fourth-order valence-electron chi connectivity index (χ4n) is 3.02. The second-order valence-corrected chi connectivity index (χ2v) is 4.80. The van der Waals surface area contributed by atoms with Crippen LogP contribution in [0.25, 0.3) is 0 Å². The van der Waals surface area contributed by atoms with Crippen molar-refractivity contribution in [2.45, 2.75) is 37.1 Å². The number of hydrogen-bond donors (Lipinski definition) is 1. The number of fused-ring (bicyclic) bond motifs is 2. The number of benzene rings is 1. The average molecular weight is 198 g/mol. The molecule has 2 aliphatic carbocycles. The van der Waals surface area contributed by atoms with Gasteiger partial charge in [-0.3, -0.25) is 0 Å². The third-order valence-corrected chi connectivity index (χ3v) is 3.97. The Morgan fingerprint density at radius 3 is 2.93 bits per heavy atom. The monoisotopic (exact) mass is 198 g/mol. The lowest BCUT2D eigenvalue weighted by Gasteiger charge is -2.26. The zero-order valence-corrected chi connectivity index (χ0v) is 8.66. The van der Waals surface area contributed by atoms with Crippen LogP contribution in [0.2, 0.25) is 0 Å². The maximum absolute atomic E-state index is 8.86. The molecule has 0 heterocycles. The van der Waals surface area contributed by atoms with Crippen LogP contribution in [-0.2, 0) is 11.8 Å². The molecule has 76 valence electrons. The van der Waals surface area contributed by atoms with Crippen LogP contribution in [0.3, 0.4) is 0 Å². The highest BCUT2D eigenvalue weighted by Crippen LogP contribution is 2.54. The summed E-state index contributed by atoms with van der Waals surface area (Å²) in [6, 6.07) is 8.65. The molecule has 1 saturated carbocycles. The molecule has 2 aliphatic rings. The summed E-state index contributed by atoms with van der Waals surface area (Å²) in [5.41, 5.74) is 9.88. The van der Waals surface area contributed by atoms with E-state index in [2.05, 4.69) is 12.1 Å². The lowest BCUT2D eigenvalue weighted by Crippen LogP contribution is -2.23. The van der Waals surface area contributed by atoms with E-state index < -0.39 is 0 Å². The van der Waals surface area contributed by atoms with Crippen molar-refractivity contribution in [1.82, 2.24) is 0 Å². The quantitative estimate of drug-likeness (QED) is 0.691. The van der Waals surface area contributed by atoms with Gasteiger partial charge in [-0.2, -0.15) is 5.26 Å². The van der Waals surface area contributed by atoms with Gasteiger partial charge < -0.3 is 5.73 Å². The standard InChI is InChI=1S/C13H14N2/c14-8-9-3-4-11-10(6-9)2-1-5-13(11)7-12(13)15/h3-4,6,12H,1-2,5,7,15H2. The van der Waals surface area contributed by atoms with Gasteiger partial charge in [0.1, 0.15) is 0 Å². The zero-order valence-electron chi connectivity index (χ0n) is 8.66. The smallest absolute Gasteiger partial charge is 0.0991 e. The minimum absolute atomic E-state index is 0.279. The van der Waals surface area contributed by atoms with E-state index in [9.17, 15) is 0 Å². The van der Waals surface area contributed by atoms with Crippen LogP contribution in [0, 0.1) is 11.3 Å². The lowest BCUT2D eigenvalue weighted by atomic mass is 9.79. The number of nitrogens with zero attached hydrogens (tertiary/aromatic N) is 1. The first kappa shape index (κ1) is 8.94.